The van der Waals surface area contributed by atoms with Crippen molar-refractivity contribution in [1.82, 2.24) is 0 Å². The number of fused-ring (bicyclic) bond motifs is 2. The summed E-state index contributed by atoms with van der Waals surface area (Å²) in [5.41, 5.74) is 0. The molecule has 0 spiro atoms. The van der Waals surface area contributed by atoms with E-state index in [9.17, 15) is 0 Å². The zero-order chi connectivity index (χ0) is 20.5. The minimum Gasteiger partial charge on any atom is -0.520 e. The van der Waals surface area contributed by atoms with Crippen molar-refractivity contribution in [3.63, 3.8) is 0 Å². The summed E-state index contributed by atoms with van der Waals surface area (Å²) in [6.07, 6.45) is 0. The van der Waals surface area contributed by atoms with Crippen LogP contribution in [0.25, 0.3) is 21.5 Å². The molecule has 0 amide bonds. The van der Waals surface area contributed by atoms with Gasteiger partial charge in [-0.3, -0.25) is 0 Å². The molecule has 0 radical (unpaired) electrons. The van der Waals surface area contributed by atoms with Crippen LogP contribution in [-0.4, -0.2) is 17.1 Å². The molecule has 4 aromatic rings. The van der Waals surface area contributed by atoms with Crippen molar-refractivity contribution < 1.29 is 13.0 Å². The second kappa shape index (κ2) is 7.67. The van der Waals surface area contributed by atoms with Crippen LogP contribution in [0.2, 0.25) is 26.2 Å². The fourth-order valence-corrected chi connectivity index (χ4v) is 10.2. The molecule has 29 heavy (non-hydrogen) atoms. The molecule has 5 heteroatoms. The van der Waals surface area contributed by atoms with Gasteiger partial charge in [0.2, 0.25) is 0 Å². The van der Waals surface area contributed by atoms with Gasteiger partial charge < -0.3 is 13.0 Å². The highest BCUT2D eigenvalue weighted by molar-refractivity contribution is 6.79. The van der Waals surface area contributed by atoms with Crippen molar-refractivity contribution in [3.8, 4) is 11.5 Å². The molecule has 4 rings (SSSR count). The molecule has 0 atom stereocenters. The van der Waals surface area contributed by atoms with Gasteiger partial charge in [-0.25, -0.2) is 0 Å². The van der Waals surface area contributed by atoms with Crippen LogP contribution in [-0.2, 0) is 4.12 Å². The van der Waals surface area contributed by atoms with Crippen molar-refractivity contribution in [2.75, 3.05) is 0 Å². The van der Waals surface area contributed by atoms with Crippen LogP contribution in [0.3, 0.4) is 0 Å². The smallest absolute Gasteiger partial charge is 0.384 e. The Morgan fingerprint density at radius 1 is 0.483 bits per heavy atom. The lowest BCUT2D eigenvalue weighted by Gasteiger charge is -2.33. The maximum Gasteiger partial charge on any atom is 0.384 e. The summed E-state index contributed by atoms with van der Waals surface area (Å²) in [6.45, 7) is 8.32. The zero-order valence-corrected chi connectivity index (χ0v) is 19.3. The van der Waals surface area contributed by atoms with Gasteiger partial charge in [0.25, 0.3) is 0 Å². The Bertz CT molecular complexity index is 1050. The summed E-state index contributed by atoms with van der Waals surface area (Å²) in [5.74, 6) is 1.74. The highest BCUT2D eigenvalue weighted by atomic mass is 28.5. The SMILES string of the molecule is C[Si](C)(Oc1cccc2ccccc12)O[Si](C)(C)Oc1cccc2ccccc12. The summed E-state index contributed by atoms with van der Waals surface area (Å²) in [7, 11) is -4.96. The average molecular weight is 419 g/mol. The maximum absolute atomic E-state index is 6.56. The Morgan fingerprint density at radius 2 is 0.862 bits per heavy atom. The van der Waals surface area contributed by atoms with Crippen molar-refractivity contribution in [1.29, 1.82) is 0 Å². The van der Waals surface area contributed by atoms with Gasteiger partial charge >= 0.3 is 17.1 Å². The van der Waals surface area contributed by atoms with E-state index in [1.165, 1.54) is 10.8 Å². The lowest BCUT2D eigenvalue weighted by Crippen LogP contribution is -2.52. The van der Waals surface area contributed by atoms with Gasteiger partial charge in [0.05, 0.1) is 0 Å². The first-order chi connectivity index (χ1) is 13.8. The third-order valence-electron chi connectivity index (χ3n) is 4.70. The van der Waals surface area contributed by atoms with Crippen LogP contribution in [0.4, 0.5) is 0 Å². The molecule has 0 saturated heterocycles. The number of hydrogen-bond donors (Lipinski definition) is 0. The fraction of sp³-hybridized carbons (Fsp3) is 0.167. The Balaban J connectivity index is 1.56. The molecule has 3 nitrogen and oxygen atoms in total. The van der Waals surface area contributed by atoms with E-state index < -0.39 is 17.1 Å². The monoisotopic (exact) mass is 418 g/mol. The van der Waals surface area contributed by atoms with E-state index in [4.69, 9.17) is 13.0 Å². The summed E-state index contributed by atoms with van der Waals surface area (Å²) in [4.78, 5) is 0. The van der Waals surface area contributed by atoms with Gasteiger partial charge in [-0.1, -0.05) is 72.8 Å². The first-order valence-electron chi connectivity index (χ1n) is 9.87. The van der Waals surface area contributed by atoms with Gasteiger partial charge in [-0.2, -0.15) is 0 Å². The third-order valence-corrected chi connectivity index (χ3v) is 10.1. The highest BCUT2D eigenvalue weighted by Crippen LogP contribution is 2.31. The van der Waals surface area contributed by atoms with Crippen LogP contribution >= 0.6 is 0 Å². The lowest BCUT2D eigenvalue weighted by atomic mass is 10.1. The average Bonchev–Trinajstić information content (AvgIpc) is 2.67. The Labute approximate surface area is 174 Å². The standard InChI is InChI=1S/C24H26O3Si2/c1-28(2,25-23-17-9-13-19-11-5-7-15-21(19)23)27-29(3,4)26-24-18-10-14-20-12-6-8-16-22(20)24/h5-18H,1-4H3. The normalized spacial score (nSPS) is 12.3. The molecular formula is C24H26O3Si2. The fourth-order valence-electron chi connectivity index (χ4n) is 3.73. The molecule has 0 saturated carbocycles. The molecule has 0 unspecified atom stereocenters. The van der Waals surface area contributed by atoms with Gasteiger partial charge in [0.15, 0.2) is 0 Å². The Morgan fingerprint density at radius 3 is 1.31 bits per heavy atom. The zero-order valence-electron chi connectivity index (χ0n) is 17.3. The first kappa shape index (κ1) is 19.7. The second-order valence-electron chi connectivity index (χ2n) is 8.06. The predicted octanol–water partition coefficient (Wildman–Crippen LogP) is 6.87. The van der Waals surface area contributed by atoms with E-state index in [1.807, 2.05) is 48.5 Å². The minimum atomic E-state index is -2.48. The second-order valence-corrected chi connectivity index (χ2v) is 14.9. The molecule has 0 aliphatic heterocycles. The van der Waals surface area contributed by atoms with Crippen molar-refractivity contribution in [3.05, 3.63) is 84.9 Å². The molecule has 0 aromatic heterocycles. The highest BCUT2D eigenvalue weighted by Gasteiger charge is 2.39. The van der Waals surface area contributed by atoms with Gasteiger partial charge in [-0.05, 0) is 49.1 Å². The van der Waals surface area contributed by atoms with Crippen LogP contribution in [0.1, 0.15) is 0 Å². The molecule has 0 aliphatic carbocycles. The van der Waals surface area contributed by atoms with Crippen LogP contribution in [0.15, 0.2) is 84.9 Å². The summed E-state index contributed by atoms with van der Waals surface area (Å²) >= 11 is 0. The number of hydrogen-bond acceptors (Lipinski definition) is 3. The van der Waals surface area contributed by atoms with Crippen LogP contribution < -0.4 is 8.85 Å². The lowest BCUT2D eigenvalue weighted by molar-refractivity contribution is 0.336. The Hall–Kier alpha value is -2.61. The van der Waals surface area contributed by atoms with E-state index in [-0.39, 0.29) is 0 Å². The van der Waals surface area contributed by atoms with Gasteiger partial charge in [0.1, 0.15) is 11.5 Å². The molecule has 0 aliphatic rings. The van der Waals surface area contributed by atoms with E-state index in [2.05, 4.69) is 62.6 Å². The van der Waals surface area contributed by atoms with E-state index in [1.54, 1.807) is 0 Å². The molecule has 148 valence electrons. The predicted molar refractivity (Wildman–Crippen MR) is 125 cm³/mol. The van der Waals surface area contributed by atoms with E-state index in [0.29, 0.717) is 0 Å². The summed E-state index contributed by atoms with van der Waals surface area (Å²) < 4.78 is 19.5. The first-order valence-corrected chi connectivity index (χ1v) is 15.5. The van der Waals surface area contributed by atoms with Crippen LogP contribution in [0.5, 0.6) is 11.5 Å². The van der Waals surface area contributed by atoms with Gasteiger partial charge in [0, 0.05) is 10.8 Å². The number of benzene rings is 4. The van der Waals surface area contributed by atoms with E-state index >= 15 is 0 Å². The molecule has 0 bridgehead atoms. The summed E-state index contributed by atoms with van der Waals surface area (Å²) in [6, 6.07) is 28.8. The third kappa shape index (κ3) is 4.53. The van der Waals surface area contributed by atoms with E-state index in [0.717, 1.165) is 22.3 Å². The van der Waals surface area contributed by atoms with Crippen molar-refractivity contribution in [2.24, 2.45) is 0 Å². The van der Waals surface area contributed by atoms with Crippen molar-refractivity contribution >= 4 is 38.7 Å². The quantitative estimate of drug-likeness (QED) is 0.320. The van der Waals surface area contributed by atoms with Crippen LogP contribution in [0, 0.1) is 0 Å². The number of rotatable bonds is 6. The largest absolute Gasteiger partial charge is 0.520 e. The minimum absolute atomic E-state index is 0.870. The molecular weight excluding hydrogens is 392 g/mol. The maximum atomic E-state index is 6.56. The van der Waals surface area contributed by atoms with Gasteiger partial charge in [-0.15, -0.1) is 0 Å². The molecule has 0 N–H and O–H groups in total. The molecule has 0 heterocycles. The van der Waals surface area contributed by atoms with Crippen molar-refractivity contribution in [2.45, 2.75) is 26.2 Å². The Kier molecular flexibility index (Phi) is 5.21. The molecule has 4 aromatic carbocycles. The molecule has 0 fully saturated rings. The summed E-state index contributed by atoms with van der Waals surface area (Å²) in [5, 5.41) is 4.54. The topological polar surface area (TPSA) is 27.7 Å².